The molecule has 0 radical (unpaired) electrons. The zero-order valence-corrected chi connectivity index (χ0v) is 15.3. The molecule has 0 aromatic carbocycles. The van der Waals surface area contributed by atoms with Gasteiger partial charge in [-0.3, -0.25) is 14.8 Å². The molecule has 0 aromatic heterocycles. The highest BCUT2D eigenvalue weighted by molar-refractivity contribution is 5.79. The summed E-state index contributed by atoms with van der Waals surface area (Å²) < 4.78 is 36.9. The number of likely N-dealkylation sites (N-methyl/N-ethyl adjacent to an activating group) is 1. The van der Waals surface area contributed by atoms with E-state index < -0.39 is 12.7 Å². The van der Waals surface area contributed by atoms with Crippen LogP contribution in [0.4, 0.5) is 13.2 Å². The lowest BCUT2D eigenvalue weighted by molar-refractivity contribution is -0.142. The zero-order valence-electron chi connectivity index (χ0n) is 15.3. The van der Waals surface area contributed by atoms with Crippen molar-refractivity contribution in [1.29, 1.82) is 0 Å². The van der Waals surface area contributed by atoms with Crippen molar-refractivity contribution in [2.24, 2.45) is 4.99 Å². The molecule has 0 saturated carbocycles. The summed E-state index contributed by atoms with van der Waals surface area (Å²) in [5, 5.41) is 6.36. The van der Waals surface area contributed by atoms with Crippen LogP contribution in [-0.4, -0.2) is 80.8 Å². The highest BCUT2D eigenvalue weighted by atomic mass is 19.4. The molecule has 0 unspecified atom stereocenters. The summed E-state index contributed by atoms with van der Waals surface area (Å²) in [7, 11) is 3.13. The highest BCUT2D eigenvalue weighted by Gasteiger charge is 2.29. The predicted octanol–water partition coefficient (Wildman–Crippen LogP) is 1.91. The largest absolute Gasteiger partial charge is 0.401 e. The molecule has 142 valence electrons. The Labute approximate surface area is 143 Å². The molecule has 1 aliphatic heterocycles. The second-order valence-corrected chi connectivity index (χ2v) is 7.07. The van der Waals surface area contributed by atoms with Gasteiger partial charge in [0.15, 0.2) is 5.96 Å². The first-order chi connectivity index (χ1) is 11.1. The molecule has 1 saturated heterocycles. The van der Waals surface area contributed by atoms with Crippen molar-refractivity contribution in [2.45, 2.75) is 44.8 Å². The molecule has 0 aromatic rings. The number of hydrogen-bond acceptors (Lipinski definition) is 3. The van der Waals surface area contributed by atoms with E-state index in [-0.39, 0.29) is 5.54 Å². The lowest BCUT2D eigenvalue weighted by Gasteiger charge is -2.41. The minimum atomic E-state index is -4.16. The van der Waals surface area contributed by atoms with Crippen LogP contribution in [0.25, 0.3) is 0 Å². The van der Waals surface area contributed by atoms with Gasteiger partial charge in [-0.2, -0.15) is 13.2 Å². The van der Waals surface area contributed by atoms with Gasteiger partial charge in [0.05, 0.1) is 6.54 Å². The average Bonchev–Trinajstić information content (AvgIpc) is 2.49. The first-order valence-electron chi connectivity index (χ1n) is 8.59. The predicted molar refractivity (Wildman–Crippen MR) is 92.4 cm³/mol. The van der Waals surface area contributed by atoms with Gasteiger partial charge in [-0.05, 0) is 46.8 Å². The second kappa shape index (κ2) is 9.46. The SMILES string of the molecule is CN=C(NCCN(C)CC(F)(F)F)NCC(C)(C)N1CCCCC1. The fourth-order valence-corrected chi connectivity index (χ4v) is 2.88. The number of likely N-dealkylation sites (tertiary alicyclic amines) is 1. The van der Waals surface area contributed by atoms with Crippen molar-refractivity contribution in [3.05, 3.63) is 0 Å². The van der Waals surface area contributed by atoms with Crippen molar-refractivity contribution in [1.82, 2.24) is 20.4 Å². The molecular formula is C16H32F3N5. The number of aliphatic imine (C=N–C) groups is 1. The molecule has 1 aliphatic rings. The molecule has 0 amide bonds. The first kappa shape index (κ1) is 21.0. The van der Waals surface area contributed by atoms with E-state index in [0.717, 1.165) is 19.6 Å². The van der Waals surface area contributed by atoms with Crippen LogP contribution >= 0.6 is 0 Å². The van der Waals surface area contributed by atoms with E-state index in [4.69, 9.17) is 0 Å². The van der Waals surface area contributed by atoms with E-state index in [9.17, 15) is 13.2 Å². The summed E-state index contributed by atoms with van der Waals surface area (Å²) in [5.41, 5.74) is 0.0190. The van der Waals surface area contributed by atoms with E-state index in [1.807, 2.05) is 0 Å². The Balaban J connectivity index is 2.31. The van der Waals surface area contributed by atoms with Crippen LogP contribution in [0.15, 0.2) is 4.99 Å². The molecule has 0 spiro atoms. The normalized spacial score (nSPS) is 18.1. The van der Waals surface area contributed by atoms with E-state index in [1.54, 1.807) is 7.05 Å². The van der Waals surface area contributed by atoms with Crippen LogP contribution in [0.1, 0.15) is 33.1 Å². The van der Waals surface area contributed by atoms with Gasteiger partial charge in [0.25, 0.3) is 0 Å². The number of guanidine groups is 1. The smallest absolute Gasteiger partial charge is 0.355 e. The maximum Gasteiger partial charge on any atom is 0.401 e. The number of hydrogen-bond donors (Lipinski definition) is 2. The van der Waals surface area contributed by atoms with E-state index in [0.29, 0.717) is 19.0 Å². The van der Waals surface area contributed by atoms with Crippen LogP contribution in [0.5, 0.6) is 0 Å². The van der Waals surface area contributed by atoms with Crippen LogP contribution in [-0.2, 0) is 0 Å². The van der Waals surface area contributed by atoms with E-state index in [1.165, 1.54) is 31.2 Å². The maximum atomic E-state index is 12.3. The standard InChI is InChI=1S/C16H32F3N5/c1-15(2,24-9-6-5-7-10-24)12-22-14(20-3)21-8-11-23(4)13-16(17,18)19/h5-13H2,1-4H3,(H2,20,21,22). The Morgan fingerprint density at radius 2 is 1.75 bits per heavy atom. The Bertz CT molecular complexity index is 390. The summed E-state index contributed by atoms with van der Waals surface area (Å²) in [6.07, 6.45) is -0.383. The number of rotatable bonds is 7. The number of halogens is 3. The van der Waals surface area contributed by atoms with Crippen molar-refractivity contribution >= 4 is 5.96 Å². The minimum absolute atomic E-state index is 0.0190. The molecule has 24 heavy (non-hydrogen) atoms. The molecule has 2 N–H and O–H groups in total. The summed E-state index contributed by atoms with van der Waals surface area (Å²) >= 11 is 0. The van der Waals surface area contributed by atoms with Crippen LogP contribution < -0.4 is 10.6 Å². The second-order valence-electron chi connectivity index (χ2n) is 7.07. The van der Waals surface area contributed by atoms with E-state index in [2.05, 4.69) is 34.4 Å². The van der Waals surface area contributed by atoms with E-state index >= 15 is 0 Å². The number of alkyl halides is 3. The fraction of sp³-hybridized carbons (Fsp3) is 0.938. The van der Waals surface area contributed by atoms with Crippen LogP contribution in [0.3, 0.4) is 0 Å². The Kier molecular flexibility index (Phi) is 8.29. The van der Waals surface area contributed by atoms with Gasteiger partial charge in [-0.25, -0.2) is 0 Å². The topological polar surface area (TPSA) is 42.9 Å². The van der Waals surface area contributed by atoms with Gasteiger partial charge in [-0.1, -0.05) is 6.42 Å². The molecule has 0 bridgehead atoms. The number of nitrogens with one attached hydrogen (secondary N) is 2. The van der Waals surface area contributed by atoms with Crippen molar-refractivity contribution in [3.8, 4) is 0 Å². The third kappa shape index (κ3) is 8.19. The quantitative estimate of drug-likeness (QED) is 0.543. The maximum absolute atomic E-state index is 12.3. The van der Waals surface area contributed by atoms with Gasteiger partial charge < -0.3 is 10.6 Å². The summed E-state index contributed by atoms with van der Waals surface area (Å²) in [6, 6.07) is 0. The Hall–Kier alpha value is -1.02. The summed E-state index contributed by atoms with van der Waals surface area (Å²) in [4.78, 5) is 7.87. The number of piperidine rings is 1. The third-order valence-electron chi connectivity index (χ3n) is 4.36. The molecule has 5 nitrogen and oxygen atoms in total. The lowest BCUT2D eigenvalue weighted by atomic mass is 9.98. The van der Waals surface area contributed by atoms with Gasteiger partial charge >= 0.3 is 6.18 Å². The Morgan fingerprint density at radius 3 is 2.29 bits per heavy atom. The van der Waals surface area contributed by atoms with Crippen LogP contribution in [0, 0.1) is 0 Å². The first-order valence-corrected chi connectivity index (χ1v) is 8.59. The van der Waals surface area contributed by atoms with Crippen molar-refractivity contribution in [2.75, 3.05) is 53.4 Å². The van der Waals surface area contributed by atoms with Crippen molar-refractivity contribution in [3.63, 3.8) is 0 Å². The fourth-order valence-electron chi connectivity index (χ4n) is 2.88. The summed E-state index contributed by atoms with van der Waals surface area (Å²) in [5.74, 6) is 0.625. The average molecular weight is 351 g/mol. The molecular weight excluding hydrogens is 319 g/mol. The molecule has 1 fully saturated rings. The molecule has 1 rings (SSSR count). The van der Waals surface area contributed by atoms with Gasteiger partial charge in [0.1, 0.15) is 0 Å². The minimum Gasteiger partial charge on any atom is -0.355 e. The highest BCUT2D eigenvalue weighted by Crippen LogP contribution is 2.19. The molecule has 0 atom stereocenters. The third-order valence-corrected chi connectivity index (χ3v) is 4.36. The monoisotopic (exact) mass is 351 g/mol. The molecule has 1 heterocycles. The lowest BCUT2D eigenvalue weighted by Crippen LogP contribution is -2.55. The van der Waals surface area contributed by atoms with Crippen molar-refractivity contribution < 1.29 is 13.2 Å². The van der Waals surface area contributed by atoms with Gasteiger partial charge in [0.2, 0.25) is 0 Å². The number of nitrogens with zero attached hydrogens (tertiary/aromatic N) is 3. The van der Waals surface area contributed by atoms with Gasteiger partial charge in [-0.15, -0.1) is 0 Å². The summed E-state index contributed by atoms with van der Waals surface area (Å²) in [6.45, 7) is 7.19. The Morgan fingerprint density at radius 1 is 1.12 bits per heavy atom. The molecule has 0 aliphatic carbocycles. The molecule has 8 heteroatoms. The van der Waals surface area contributed by atoms with Crippen LogP contribution in [0.2, 0.25) is 0 Å². The zero-order chi connectivity index (χ0) is 18.2. The van der Waals surface area contributed by atoms with Gasteiger partial charge in [0, 0.05) is 32.2 Å².